The van der Waals surface area contributed by atoms with E-state index in [1.165, 1.54) is 0 Å². The number of carboxylic acid groups (broad SMARTS) is 1. The molecule has 0 spiro atoms. The van der Waals surface area contributed by atoms with Gasteiger partial charge in [-0.15, -0.1) is 0 Å². The minimum atomic E-state index is -1.04. The van der Waals surface area contributed by atoms with E-state index in [0.29, 0.717) is 63.3 Å². The normalized spacial score (nSPS) is 20.3. The number of primary amides is 1. The van der Waals surface area contributed by atoms with Crippen LogP contribution in [-0.2, 0) is 28.8 Å². The maximum absolute atomic E-state index is 13.4. The van der Waals surface area contributed by atoms with Crippen LogP contribution >= 0.6 is 12.2 Å². The topological polar surface area (TPSA) is 285 Å². The summed E-state index contributed by atoms with van der Waals surface area (Å²) < 4.78 is 0. The zero-order valence-electron chi connectivity index (χ0n) is 25.5. The fourth-order valence-electron chi connectivity index (χ4n) is 4.34. The van der Waals surface area contributed by atoms with Crippen molar-refractivity contribution in [2.45, 2.75) is 95.2 Å². The Hall–Kier alpha value is -4.22. The van der Waals surface area contributed by atoms with Gasteiger partial charge in [0.15, 0.2) is 11.1 Å². The summed E-state index contributed by atoms with van der Waals surface area (Å²) in [5, 5.41) is 25.5. The van der Waals surface area contributed by atoms with Crippen molar-refractivity contribution < 1.29 is 33.9 Å². The molecule has 45 heavy (non-hydrogen) atoms. The second-order valence-electron chi connectivity index (χ2n) is 10.6. The molecular formula is C27H48N10O7S. The van der Waals surface area contributed by atoms with Crippen molar-refractivity contribution in [2.24, 2.45) is 22.2 Å². The molecule has 0 bridgehead atoms. The lowest BCUT2D eigenvalue weighted by atomic mass is 10.0. The number of nitrogens with one attached hydrogen (secondary N) is 6. The smallest absolute Gasteiger partial charge is 0.305 e. The molecule has 1 saturated heterocycles. The Morgan fingerprint density at radius 3 is 2.13 bits per heavy atom. The summed E-state index contributed by atoms with van der Waals surface area (Å²) in [6, 6.07) is -3.03. The molecule has 0 radical (unpaired) electrons. The average Bonchev–Trinajstić information content (AvgIpc) is 2.96. The van der Waals surface area contributed by atoms with Crippen molar-refractivity contribution in [3.8, 4) is 0 Å². The Labute approximate surface area is 268 Å². The number of amides is 5. The quantitative estimate of drug-likeness (QED) is 0.0404. The average molecular weight is 657 g/mol. The highest BCUT2D eigenvalue weighted by Crippen LogP contribution is 2.09. The van der Waals surface area contributed by atoms with E-state index in [1.807, 2.05) is 0 Å². The molecule has 1 heterocycles. The van der Waals surface area contributed by atoms with E-state index in [1.54, 1.807) is 0 Å². The maximum Gasteiger partial charge on any atom is 0.305 e. The van der Waals surface area contributed by atoms with Crippen LogP contribution in [0.5, 0.6) is 0 Å². The minimum Gasteiger partial charge on any atom is -0.481 e. The van der Waals surface area contributed by atoms with E-state index in [9.17, 15) is 28.8 Å². The van der Waals surface area contributed by atoms with Gasteiger partial charge < -0.3 is 54.2 Å². The fraction of sp³-hybridized carbons (Fsp3) is 0.704. The Morgan fingerprint density at radius 2 is 1.47 bits per heavy atom. The van der Waals surface area contributed by atoms with Crippen LogP contribution in [0.3, 0.4) is 0 Å². The fourth-order valence-corrected chi connectivity index (χ4v) is 4.54. The van der Waals surface area contributed by atoms with Gasteiger partial charge in [0.05, 0.1) is 6.42 Å². The number of hydrogen-bond acceptors (Lipinski definition) is 8. The Morgan fingerprint density at radius 1 is 0.844 bits per heavy atom. The maximum atomic E-state index is 13.4. The summed E-state index contributed by atoms with van der Waals surface area (Å²) in [5.41, 5.74) is 16.2. The number of guanidine groups is 1. The van der Waals surface area contributed by atoms with E-state index in [4.69, 9.17) is 34.5 Å². The first kappa shape index (κ1) is 38.8. The van der Waals surface area contributed by atoms with Gasteiger partial charge in [-0.3, -0.25) is 33.8 Å². The van der Waals surface area contributed by atoms with Crippen molar-refractivity contribution in [3.05, 3.63) is 0 Å². The lowest BCUT2D eigenvalue weighted by Gasteiger charge is -2.25. The van der Waals surface area contributed by atoms with Gasteiger partial charge >= 0.3 is 5.97 Å². The van der Waals surface area contributed by atoms with Crippen molar-refractivity contribution in [1.29, 1.82) is 0 Å². The van der Waals surface area contributed by atoms with Crippen LogP contribution in [0.4, 0.5) is 0 Å². The Bertz CT molecular complexity index is 1050. The molecule has 0 unspecified atom stereocenters. The van der Waals surface area contributed by atoms with E-state index in [-0.39, 0.29) is 56.9 Å². The number of carboxylic acids is 1. The molecule has 18 heteroatoms. The summed E-state index contributed by atoms with van der Waals surface area (Å²) in [4.78, 5) is 78.2. The third-order valence-electron chi connectivity index (χ3n) is 6.79. The third-order valence-corrected chi connectivity index (χ3v) is 7.08. The number of aliphatic carboxylic acids is 1. The molecule has 254 valence electrons. The van der Waals surface area contributed by atoms with E-state index in [2.05, 4.69) is 36.9 Å². The number of hydrogen-bond donors (Lipinski definition) is 10. The number of unbranched alkanes of at least 4 members (excludes halogenated alkanes) is 2. The summed E-state index contributed by atoms with van der Waals surface area (Å²) in [5.74, 6) is -3.75. The zero-order valence-corrected chi connectivity index (χ0v) is 26.3. The number of nitrogens with two attached hydrogens (primary N) is 3. The van der Waals surface area contributed by atoms with Crippen LogP contribution in [0, 0.1) is 0 Å². The number of thiocarbonyl (C=S) groups is 1. The van der Waals surface area contributed by atoms with E-state index < -0.39 is 47.7 Å². The number of nitrogens with zero attached hydrogens (tertiary/aromatic N) is 1. The van der Waals surface area contributed by atoms with Crippen LogP contribution in [-0.4, -0.2) is 96.0 Å². The molecule has 1 fully saturated rings. The largest absolute Gasteiger partial charge is 0.481 e. The van der Waals surface area contributed by atoms with Crippen molar-refractivity contribution in [1.82, 2.24) is 31.9 Å². The third kappa shape index (κ3) is 18.9. The van der Waals surface area contributed by atoms with Crippen LogP contribution < -0.4 is 49.1 Å². The van der Waals surface area contributed by atoms with Gasteiger partial charge in [-0.05, 0) is 70.0 Å². The highest BCUT2D eigenvalue weighted by molar-refractivity contribution is 7.80. The monoisotopic (exact) mass is 656 g/mol. The molecule has 0 aromatic rings. The van der Waals surface area contributed by atoms with Gasteiger partial charge in [-0.2, -0.15) is 0 Å². The van der Waals surface area contributed by atoms with Crippen molar-refractivity contribution in [2.75, 3.05) is 26.2 Å². The molecule has 1 aliphatic rings. The summed E-state index contributed by atoms with van der Waals surface area (Å²) in [6.45, 7) is 1.26. The van der Waals surface area contributed by atoms with Gasteiger partial charge in [-0.25, -0.2) is 0 Å². The first-order valence-corrected chi connectivity index (χ1v) is 15.5. The molecule has 0 aromatic carbocycles. The number of rotatable bonds is 14. The van der Waals surface area contributed by atoms with E-state index >= 15 is 0 Å². The summed E-state index contributed by atoms with van der Waals surface area (Å²) in [7, 11) is 0. The van der Waals surface area contributed by atoms with Crippen LogP contribution in [0.1, 0.15) is 77.0 Å². The summed E-state index contributed by atoms with van der Waals surface area (Å²) in [6.07, 6.45) is 3.42. The Kier molecular flexibility index (Phi) is 19.2. The lowest BCUT2D eigenvalue weighted by molar-refractivity contribution is -0.136. The first-order chi connectivity index (χ1) is 21.4. The molecule has 0 aromatic heterocycles. The second kappa shape index (κ2) is 22.3. The van der Waals surface area contributed by atoms with Gasteiger partial charge in [0, 0.05) is 39.0 Å². The molecule has 3 atom stereocenters. The number of carbonyl (C=O) groups is 6. The SMILES string of the molecule is NC(=O)[C@@H]1CCCCNC(=O)CCC(=O)N[C@@H](CCCCN=C(N)N)C(=O)N[C@@H](CCCCNC(=S)NCCC(=O)O)C(=O)N1. The molecule has 5 amide bonds. The molecule has 1 rings (SSSR count). The molecule has 0 aliphatic carbocycles. The van der Waals surface area contributed by atoms with Crippen LogP contribution in [0.15, 0.2) is 4.99 Å². The first-order valence-electron chi connectivity index (χ1n) is 15.1. The molecule has 0 saturated carbocycles. The Balaban J connectivity index is 3.00. The second-order valence-corrected chi connectivity index (χ2v) is 11.0. The van der Waals surface area contributed by atoms with Crippen molar-refractivity contribution >= 4 is 58.8 Å². The number of aliphatic imine (C=N–C) groups is 1. The van der Waals surface area contributed by atoms with Gasteiger partial charge in [0.25, 0.3) is 0 Å². The van der Waals surface area contributed by atoms with Crippen molar-refractivity contribution in [3.63, 3.8) is 0 Å². The predicted octanol–water partition coefficient (Wildman–Crippen LogP) is -2.44. The molecule has 13 N–H and O–H groups in total. The molecule has 1 aliphatic heterocycles. The predicted molar refractivity (Wildman–Crippen MR) is 170 cm³/mol. The lowest BCUT2D eigenvalue weighted by Crippen LogP contribution is -2.56. The van der Waals surface area contributed by atoms with E-state index in [0.717, 1.165) is 0 Å². The van der Waals surface area contributed by atoms with Crippen LogP contribution in [0.25, 0.3) is 0 Å². The highest BCUT2D eigenvalue weighted by Gasteiger charge is 2.29. The van der Waals surface area contributed by atoms with Crippen LogP contribution in [0.2, 0.25) is 0 Å². The number of carbonyl (C=O) groups excluding carboxylic acids is 5. The summed E-state index contributed by atoms with van der Waals surface area (Å²) >= 11 is 5.12. The molecule has 17 nitrogen and oxygen atoms in total. The minimum absolute atomic E-state index is 0.0607. The van der Waals surface area contributed by atoms with Gasteiger partial charge in [0.2, 0.25) is 29.5 Å². The highest BCUT2D eigenvalue weighted by atomic mass is 32.1. The van der Waals surface area contributed by atoms with Gasteiger partial charge in [0.1, 0.15) is 18.1 Å². The molecular weight excluding hydrogens is 608 g/mol. The van der Waals surface area contributed by atoms with Gasteiger partial charge in [-0.1, -0.05) is 0 Å². The standard InChI is InChI=1S/C27H48N10O7S/c28-23(42)17-7-1-4-13-31-20(38)10-11-21(39)35-18(8-2-5-14-32-26(29)30)24(43)37-19(25(44)36-17)9-3-6-15-33-27(45)34-16-12-22(40)41/h17-19H,1-16H2,(H2,28,42)(H,31,38)(H,35,39)(H,36,44)(H,37,43)(H,40,41)(H4,29,30,32)(H2,33,34,45)/t17-,18-,19-/m0/s1. The zero-order chi connectivity index (χ0) is 33.6.